The van der Waals surface area contributed by atoms with Crippen LogP contribution in [-0.4, -0.2) is 40.9 Å². The molecule has 7 nitrogen and oxygen atoms in total. The predicted octanol–water partition coefficient (Wildman–Crippen LogP) is 3.10. The van der Waals surface area contributed by atoms with Crippen LogP contribution in [0.3, 0.4) is 0 Å². The van der Waals surface area contributed by atoms with E-state index >= 15 is 0 Å². The Bertz CT molecular complexity index is 840. The van der Waals surface area contributed by atoms with Gasteiger partial charge in [-0.25, -0.2) is 4.79 Å². The van der Waals surface area contributed by atoms with E-state index in [1.807, 2.05) is 42.5 Å². The topological polar surface area (TPSA) is 111 Å². The molecule has 0 aliphatic carbocycles. The van der Waals surface area contributed by atoms with E-state index in [9.17, 15) is 14.7 Å². The number of carbonyl (C=O) groups is 2. The molecule has 2 aromatic carbocycles. The van der Waals surface area contributed by atoms with Crippen molar-refractivity contribution in [2.45, 2.75) is 51.8 Å². The van der Waals surface area contributed by atoms with Gasteiger partial charge in [0.25, 0.3) is 0 Å². The Morgan fingerprint density at radius 3 is 2.33 bits per heavy atom. The van der Waals surface area contributed by atoms with Crippen LogP contribution in [0.5, 0.6) is 0 Å². The Kier molecular flexibility index (Phi) is 8.83. The molecule has 0 fully saturated rings. The summed E-state index contributed by atoms with van der Waals surface area (Å²) >= 11 is 0. The minimum Gasteiger partial charge on any atom is -0.465 e. The molecule has 0 saturated carbocycles. The van der Waals surface area contributed by atoms with Gasteiger partial charge in [0.2, 0.25) is 5.91 Å². The van der Waals surface area contributed by atoms with E-state index in [0.717, 1.165) is 22.4 Å². The van der Waals surface area contributed by atoms with Crippen molar-refractivity contribution in [3.63, 3.8) is 0 Å². The molecule has 30 heavy (non-hydrogen) atoms. The number of rotatable bonds is 10. The van der Waals surface area contributed by atoms with Gasteiger partial charge in [0.15, 0.2) is 0 Å². The van der Waals surface area contributed by atoms with E-state index in [1.54, 1.807) is 0 Å². The molecular weight excluding hydrogens is 382 g/mol. The summed E-state index contributed by atoms with van der Waals surface area (Å²) in [5.41, 5.74) is 3.76. The largest absolute Gasteiger partial charge is 0.465 e. The van der Waals surface area contributed by atoms with Crippen LogP contribution < -0.4 is 16.0 Å². The second kappa shape index (κ2) is 11.3. The molecule has 5 N–H and O–H groups in total. The van der Waals surface area contributed by atoms with Crippen molar-refractivity contribution in [3.8, 4) is 0 Å². The first-order valence-corrected chi connectivity index (χ1v) is 10.1. The average Bonchev–Trinajstić information content (AvgIpc) is 2.67. The fourth-order valence-electron chi connectivity index (χ4n) is 3.25. The fourth-order valence-corrected chi connectivity index (χ4v) is 3.25. The van der Waals surface area contributed by atoms with Crippen LogP contribution in [-0.2, 0) is 17.8 Å². The number of carbonyl (C=O) groups excluding carboxylic acids is 1. The lowest BCUT2D eigenvalue weighted by Gasteiger charge is -2.23. The van der Waals surface area contributed by atoms with E-state index in [1.165, 1.54) is 6.92 Å². The van der Waals surface area contributed by atoms with E-state index in [0.29, 0.717) is 18.9 Å². The third-order valence-electron chi connectivity index (χ3n) is 4.76. The van der Waals surface area contributed by atoms with Crippen molar-refractivity contribution in [1.82, 2.24) is 10.6 Å². The monoisotopic (exact) mass is 413 g/mol. The van der Waals surface area contributed by atoms with Gasteiger partial charge in [0.05, 0.1) is 12.1 Å². The number of amides is 2. The fraction of sp³-hybridized carbons (Fsp3) is 0.391. The van der Waals surface area contributed by atoms with Gasteiger partial charge < -0.3 is 26.2 Å². The third-order valence-corrected chi connectivity index (χ3v) is 4.76. The standard InChI is InChI=1S/C23H31N3O4/c1-15(2)19-9-18(10-20(12-19)25-16(3)27)13-24-14-22(28)21(26-23(29)30)11-17-7-5-4-6-8-17/h4-10,12,15,21-22,24,26,28H,11,13-14H2,1-3H3,(H,25,27)(H,29,30)/t21-,22+/m0/s1. The Morgan fingerprint density at radius 2 is 1.73 bits per heavy atom. The molecule has 0 saturated heterocycles. The summed E-state index contributed by atoms with van der Waals surface area (Å²) in [5, 5.41) is 28.1. The van der Waals surface area contributed by atoms with Gasteiger partial charge >= 0.3 is 6.09 Å². The molecule has 0 aliphatic rings. The van der Waals surface area contributed by atoms with Gasteiger partial charge in [-0.3, -0.25) is 4.79 Å². The summed E-state index contributed by atoms with van der Waals surface area (Å²) in [6.45, 7) is 6.34. The number of benzene rings is 2. The number of carboxylic acid groups (broad SMARTS) is 1. The molecule has 2 amide bonds. The molecule has 7 heteroatoms. The molecule has 0 aliphatic heterocycles. The first-order valence-electron chi connectivity index (χ1n) is 10.1. The number of nitrogens with one attached hydrogen (secondary N) is 3. The Morgan fingerprint density at radius 1 is 1.03 bits per heavy atom. The van der Waals surface area contributed by atoms with Crippen molar-refractivity contribution >= 4 is 17.7 Å². The van der Waals surface area contributed by atoms with Gasteiger partial charge in [-0.2, -0.15) is 0 Å². The van der Waals surface area contributed by atoms with Crippen LogP contribution in [0.1, 0.15) is 43.4 Å². The molecule has 0 unspecified atom stereocenters. The summed E-state index contributed by atoms with van der Waals surface area (Å²) < 4.78 is 0. The van der Waals surface area contributed by atoms with Crippen LogP contribution in [0.4, 0.5) is 10.5 Å². The number of aliphatic hydroxyl groups is 1. The lowest BCUT2D eigenvalue weighted by Crippen LogP contribution is -2.48. The Labute approximate surface area is 177 Å². The second-order valence-electron chi connectivity index (χ2n) is 7.74. The quantitative estimate of drug-likeness (QED) is 0.411. The molecule has 0 spiro atoms. The van der Waals surface area contributed by atoms with Gasteiger partial charge in [-0.05, 0) is 41.2 Å². The molecule has 2 rings (SSSR count). The zero-order valence-electron chi connectivity index (χ0n) is 17.7. The normalized spacial score (nSPS) is 13.0. The van der Waals surface area contributed by atoms with Crippen LogP contribution >= 0.6 is 0 Å². The zero-order chi connectivity index (χ0) is 22.1. The SMILES string of the molecule is CC(=O)Nc1cc(CNC[C@@H](O)[C@H](Cc2ccccc2)NC(=O)O)cc(C(C)C)c1. The van der Waals surface area contributed by atoms with Crippen molar-refractivity contribution in [3.05, 3.63) is 65.2 Å². The van der Waals surface area contributed by atoms with Gasteiger partial charge in [-0.1, -0.05) is 50.2 Å². The molecular formula is C23H31N3O4. The van der Waals surface area contributed by atoms with E-state index in [-0.39, 0.29) is 12.5 Å². The smallest absolute Gasteiger partial charge is 0.404 e. The van der Waals surface area contributed by atoms with Crippen molar-refractivity contribution in [2.24, 2.45) is 0 Å². The molecule has 2 aromatic rings. The lowest BCUT2D eigenvalue weighted by molar-refractivity contribution is -0.114. The number of hydrogen-bond acceptors (Lipinski definition) is 4. The number of anilines is 1. The van der Waals surface area contributed by atoms with Crippen LogP contribution in [0.15, 0.2) is 48.5 Å². The minimum absolute atomic E-state index is 0.131. The molecule has 0 bridgehead atoms. The molecule has 0 aromatic heterocycles. The summed E-state index contributed by atoms with van der Waals surface area (Å²) in [4.78, 5) is 22.6. The highest BCUT2D eigenvalue weighted by atomic mass is 16.4. The Balaban J connectivity index is 2.01. The average molecular weight is 414 g/mol. The van der Waals surface area contributed by atoms with Crippen LogP contribution in [0, 0.1) is 0 Å². The number of aliphatic hydroxyl groups excluding tert-OH is 1. The van der Waals surface area contributed by atoms with Crippen LogP contribution in [0.2, 0.25) is 0 Å². The molecule has 2 atom stereocenters. The highest BCUT2D eigenvalue weighted by molar-refractivity contribution is 5.88. The summed E-state index contributed by atoms with van der Waals surface area (Å²) in [6, 6.07) is 14.7. The maximum atomic E-state index is 11.4. The van der Waals surface area contributed by atoms with E-state index in [4.69, 9.17) is 5.11 Å². The van der Waals surface area contributed by atoms with Crippen LogP contribution in [0.25, 0.3) is 0 Å². The third kappa shape index (κ3) is 7.85. The maximum absolute atomic E-state index is 11.4. The van der Waals surface area contributed by atoms with E-state index in [2.05, 4.69) is 35.9 Å². The Hall–Kier alpha value is -2.90. The summed E-state index contributed by atoms with van der Waals surface area (Å²) in [7, 11) is 0. The highest BCUT2D eigenvalue weighted by Crippen LogP contribution is 2.21. The molecule has 0 heterocycles. The van der Waals surface area contributed by atoms with E-state index < -0.39 is 18.2 Å². The minimum atomic E-state index is -1.17. The first-order chi connectivity index (χ1) is 14.2. The van der Waals surface area contributed by atoms with Crippen molar-refractivity contribution in [2.75, 3.05) is 11.9 Å². The van der Waals surface area contributed by atoms with Gasteiger partial charge in [0, 0.05) is 25.7 Å². The summed E-state index contributed by atoms with van der Waals surface area (Å²) in [6.07, 6.45) is -1.67. The molecule has 162 valence electrons. The lowest BCUT2D eigenvalue weighted by atomic mass is 9.99. The highest BCUT2D eigenvalue weighted by Gasteiger charge is 2.21. The van der Waals surface area contributed by atoms with Gasteiger partial charge in [-0.15, -0.1) is 0 Å². The second-order valence-corrected chi connectivity index (χ2v) is 7.74. The van der Waals surface area contributed by atoms with Crippen molar-refractivity contribution in [1.29, 1.82) is 0 Å². The predicted molar refractivity (Wildman–Crippen MR) is 118 cm³/mol. The number of hydrogen-bond donors (Lipinski definition) is 5. The molecule has 0 radical (unpaired) electrons. The first kappa shape index (κ1) is 23.4. The zero-order valence-corrected chi connectivity index (χ0v) is 17.7. The maximum Gasteiger partial charge on any atom is 0.404 e. The van der Waals surface area contributed by atoms with Crippen molar-refractivity contribution < 1.29 is 19.8 Å². The van der Waals surface area contributed by atoms with Gasteiger partial charge in [0.1, 0.15) is 0 Å². The summed E-state index contributed by atoms with van der Waals surface area (Å²) in [5.74, 6) is 0.173.